The number of hydrogen-bond acceptors (Lipinski definition) is 4. The summed E-state index contributed by atoms with van der Waals surface area (Å²) in [6.07, 6.45) is 1.63. The molecule has 1 fully saturated rings. The van der Waals surface area contributed by atoms with E-state index >= 15 is 0 Å². The van der Waals surface area contributed by atoms with E-state index in [1.54, 1.807) is 11.2 Å². The van der Waals surface area contributed by atoms with Gasteiger partial charge in [0.1, 0.15) is 11.5 Å². The van der Waals surface area contributed by atoms with Crippen LogP contribution in [0.2, 0.25) is 5.02 Å². The Labute approximate surface area is 154 Å². The first kappa shape index (κ1) is 18.5. The van der Waals surface area contributed by atoms with Gasteiger partial charge in [-0.2, -0.15) is 0 Å². The summed E-state index contributed by atoms with van der Waals surface area (Å²) in [7, 11) is -3.07. The lowest BCUT2D eigenvalue weighted by Gasteiger charge is -2.31. The Morgan fingerprint density at radius 3 is 2.60 bits per heavy atom. The first-order valence-electron chi connectivity index (χ1n) is 8.54. The molecule has 0 amide bonds. The monoisotopic (exact) mass is 382 g/mol. The van der Waals surface area contributed by atoms with Crippen molar-refractivity contribution in [3.8, 4) is 11.3 Å². The van der Waals surface area contributed by atoms with E-state index in [0.717, 1.165) is 29.9 Å². The summed E-state index contributed by atoms with van der Waals surface area (Å²) in [5.74, 6) is 1.77. The Balaban J connectivity index is 1.53. The van der Waals surface area contributed by atoms with Crippen LogP contribution in [0.5, 0.6) is 0 Å². The van der Waals surface area contributed by atoms with Crippen LogP contribution in [-0.4, -0.2) is 37.6 Å². The summed E-state index contributed by atoms with van der Waals surface area (Å²) >= 11 is 6.20. The quantitative estimate of drug-likeness (QED) is 0.830. The molecule has 0 spiro atoms. The highest BCUT2D eigenvalue weighted by Gasteiger charge is 2.26. The molecule has 0 saturated carbocycles. The van der Waals surface area contributed by atoms with Crippen molar-refractivity contribution in [1.29, 1.82) is 0 Å². The van der Waals surface area contributed by atoms with Crippen molar-refractivity contribution in [1.82, 2.24) is 9.62 Å². The van der Waals surface area contributed by atoms with Gasteiger partial charge >= 0.3 is 0 Å². The molecule has 7 heteroatoms. The van der Waals surface area contributed by atoms with E-state index in [1.165, 1.54) is 0 Å². The lowest BCUT2D eigenvalue weighted by molar-refractivity contribution is 0.284. The van der Waals surface area contributed by atoms with E-state index in [-0.39, 0.29) is 5.75 Å². The molecule has 1 aliphatic rings. The predicted octanol–water partition coefficient (Wildman–Crippen LogP) is 3.50. The molecule has 1 aromatic heterocycles. The summed E-state index contributed by atoms with van der Waals surface area (Å²) in [5, 5.41) is 4.13. The highest BCUT2D eigenvalue weighted by atomic mass is 35.5. The average Bonchev–Trinajstić information content (AvgIpc) is 3.09. The van der Waals surface area contributed by atoms with Gasteiger partial charge in [0, 0.05) is 24.7 Å². The Morgan fingerprint density at radius 2 is 1.92 bits per heavy atom. The van der Waals surface area contributed by atoms with Crippen LogP contribution in [0.15, 0.2) is 40.8 Å². The molecule has 0 radical (unpaired) electrons. The molecule has 3 rings (SSSR count). The maximum absolute atomic E-state index is 11.9. The number of hydrogen-bond donors (Lipinski definition) is 1. The van der Waals surface area contributed by atoms with Gasteiger partial charge in [0.15, 0.2) is 0 Å². The number of piperidine rings is 1. The second kappa shape index (κ2) is 7.91. The molecule has 0 bridgehead atoms. The lowest BCUT2D eigenvalue weighted by atomic mass is 10.1. The summed E-state index contributed by atoms with van der Waals surface area (Å²) < 4.78 is 31.2. The van der Waals surface area contributed by atoms with Crippen molar-refractivity contribution >= 4 is 21.6 Å². The molecule has 0 unspecified atom stereocenters. The van der Waals surface area contributed by atoms with E-state index in [4.69, 9.17) is 16.0 Å². The van der Waals surface area contributed by atoms with Crippen LogP contribution in [0, 0.1) is 0 Å². The molecule has 0 aliphatic carbocycles. The van der Waals surface area contributed by atoms with E-state index in [2.05, 4.69) is 5.32 Å². The van der Waals surface area contributed by atoms with Crippen LogP contribution in [0.1, 0.15) is 25.5 Å². The number of sulfonamides is 1. The zero-order chi connectivity index (χ0) is 17.9. The van der Waals surface area contributed by atoms with Crippen LogP contribution < -0.4 is 5.32 Å². The fourth-order valence-corrected chi connectivity index (χ4v) is 4.41. The van der Waals surface area contributed by atoms with Gasteiger partial charge in [-0.25, -0.2) is 12.7 Å². The van der Waals surface area contributed by atoms with Crippen LogP contribution in [-0.2, 0) is 16.6 Å². The second-order valence-electron chi connectivity index (χ2n) is 6.20. The minimum Gasteiger partial charge on any atom is -0.460 e. The number of halogens is 1. The molecule has 1 aliphatic heterocycles. The molecule has 1 saturated heterocycles. The topological polar surface area (TPSA) is 62.6 Å². The zero-order valence-corrected chi connectivity index (χ0v) is 15.8. The van der Waals surface area contributed by atoms with Gasteiger partial charge < -0.3 is 9.73 Å². The van der Waals surface area contributed by atoms with Crippen LogP contribution in [0.25, 0.3) is 11.3 Å². The van der Waals surface area contributed by atoms with E-state index in [9.17, 15) is 8.42 Å². The van der Waals surface area contributed by atoms with E-state index < -0.39 is 10.0 Å². The SMILES string of the molecule is CCS(=O)(=O)N1CCC(NCc2ccc(-c3ccccc3Cl)o2)CC1. The standard InChI is InChI=1S/C18H23ClN2O3S/c1-2-25(22,23)21-11-9-14(10-12-21)20-13-15-7-8-18(24-15)16-5-3-4-6-17(16)19/h3-8,14,20H,2,9-13H2,1H3. The largest absolute Gasteiger partial charge is 0.460 e. The Kier molecular flexibility index (Phi) is 5.84. The highest BCUT2D eigenvalue weighted by molar-refractivity contribution is 7.89. The number of nitrogens with one attached hydrogen (secondary N) is 1. The maximum atomic E-state index is 11.9. The van der Waals surface area contributed by atoms with Gasteiger partial charge in [0.2, 0.25) is 10.0 Å². The summed E-state index contributed by atoms with van der Waals surface area (Å²) in [6, 6.07) is 11.8. The molecule has 1 N–H and O–H groups in total. The van der Waals surface area contributed by atoms with Crippen LogP contribution in [0.4, 0.5) is 0 Å². The first-order chi connectivity index (χ1) is 12.0. The molecule has 25 heavy (non-hydrogen) atoms. The third-order valence-electron chi connectivity index (χ3n) is 4.58. The Hall–Kier alpha value is -1.34. The van der Waals surface area contributed by atoms with Crippen molar-refractivity contribution in [3.63, 3.8) is 0 Å². The number of benzene rings is 1. The van der Waals surface area contributed by atoms with Crippen molar-refractivity contribution in [3.05, 3.63) is 47.2 Å². The summed E-state index contributed by atoms with van der Waals surface area (Å²) in [5.41, 5.74) is 0.883. The van der Waals surface area contributed by atoms with Gasteiger partial charge in [0.05, 0.1) is 17.3 Å². The third-order valence-corrected chi connectivity index (χ3v) is 6.79. The molecule has 0 atom stereocenters. The third kappa shape index (κ3) is 4.44. The summed E-state index contributed by atoms with van der Waals surface area (Å²) in [6.45, 7) is 3.47. The van der Waals surface area contributed by atoms with Crippen molar-refractivity contribution < 1.29 is 12.8 Å². The van der Waals surface area contributed by atoms with Gasteiger partial charge in [-0.1, -0.05) is 23.7 Å². The van der Waals surface area contributed by atoms with Crippen molar-refractivity contribution in [2.24, 2.45) is 0 Å². The average molecular weight is 383 g/mol. The fourth-order valence-electron chi connectivity index (χ4n) is 3.04. The normalized spacial score (nSPS) is 17.0. The van der Waals surface area contributed by atoms with Gasteiger partial charge in [0.25, 0.3) is 0 Å². The smallest absolute Gasteiger partial charge is 0.213 e. The molecule has 2 heterocycles. The highest BCUT2D eigenvalue weighted by Crippen LogP contribution is 2.29. The summed E-state index contributed by atoms with van der Waals surface area (Å²) in [4.78, 5) is 0. The first-order valence-corrected chi connectivity index (χ1v) is 10.5. The molecule has 2 aromatic rings. The van der Waals surface area contributed by atoms with Crippen molar-refractivity contribution in [2.45, 2.75) is 32.4 Å². The number of rotatable bonds is 6. The second-order valence-corrected chi connectivity index (χ2v) is 8.87. The van der Waals surface area contributed by atoms with Gasteiger partial charge in [-0.15, -0.1) is 0 Å². The van der Waals surface area contributed by atoms with E-state index in [0.29, 0.717) is 30.7 Å². The fraction of sp³-hybridized carbons (Fsp3) is 0.444. The molecular formula is C18H23ClN2O3S. The Morgan fingerprint density at radius 1 is 1.20 bits per heavy atom. The minimum absolute atomic E-state index is 0.169. The Bertz CT molecular complexity index is 811. The zero-order valence-electron chi connectivity index (χ0n) is 14.2. The van der Waals surface area contributed by atoms with Crippen LogP contribution >= 0.6 is 11.6 Å². The minimum atomic E-state index is -3.07. The maximum Gasteiger partial charge on any atom is 0.213 e. The molecule has 5 nitrogen and oxygen atoms in total. The lowest BCUT2D eigenvalue weighted by Crippen LogP contribution is -2.45. The molecular weight excluding hydrogens is 360 g/mol. The van der Waals surface area contributed by atoms with Gasteiger partial charge in [-0.05, 0) is 44.0 Å². The van der Waals surface area contributed by atoms with Crippen LogP contribution in [0.3, 0.4) is 0 Å². The van der Waals surface area contributed by atoms with Gasteiger partial charge in [-0.3, -0.25) is 0 Å². The van der Waals surface area contributed by atoms with E-state index in [1.807, 2.05) is 36.4 Å². The predicted molar refractivity (Wildman–Crippen MR) is 100 cm³/mol. The number of nitrogens with zero attached hydrogens (tertiary/aromatic N) is 1. The molecule has 1 aromatic carbocycles. The van der Waals surface area contributed by atoms with Crippen molar-refractivity contribution in [2.75, 3.05) is 18.8 Å². The number of furan rings is 1. The molecule has 136 valence electrons.